The number of carboxylic acids is 1. The lowest BCUT2D eigenvalue weighted by Gasteiger charge is -2.08. The number of carboxylic acid groups (broad SMARTS) is 1. The summed E-state index contributed by atoms with van der Waals surface area (Å²) in [6.07, 6.45) is 0. The van der Waals surface area contributed by atoms with Gasteiger partial charge in [0.05, 0.1) is 0 Å². The third-order valence-corrected chi connectivity index (χ3v) is 1.45. The second kappa shape index (κ2) is 4.99. The van der Waals surface area contributed by atoms with E-state index in [1.165, 1.54) is 19.1 Å². The first-order valence-corrected chi connectivity index (χ1v) is 4.21. The van der Waals surface area contributed by atoms with E-state index in [1.807, 2.05) is 0 Å². The highest BCUT2D eigenvalue weighted by Gasteiger charge is 2.07. The Morgan fingerprint density at radius 2 is 1.87 bits per heavy atom. The maximum Gasteiger partial charge on any atom is 0.341 e. The van der Waals surface area contributed by atoms with Crippen LogP contribution in [0.1, 0.15) is 6.92 Å². The largest absolute Gasteiger partial charge is 0.479 e. The van der Waals surface area contributed by atoms with Gasteiger partial charge in [0.1, 0.15) is 0 Å². The summed E-state index contributed by atoms with van der Waals surface area (Å²) in [5.41, 5.74) is 0. The van der Waals surface area contributed by atoms with Crippen LogP contribution in [0.4, 0.5) is 0 Å². The standard InChI is InChI=1S/C10H10O5/c1-7(11)15-9-5-3-2-4-8(9)14-6-10(12)13/h2-5H,6H2,1H3,(H,12,13). The van der Waals surface area contributed by atoms with E-state index in [9.17, 15) is 9.59 Å². The molecule has 1 N–H and O–H groups in total. The van der Waals surface area contributed by atoms with Crippen LogP contribution in [-0.2, 0) is 9.59 Å². The third-order valence-electron chi connectivity index (χ3n) is 1.45. The zero-order chi connectivity index (χ0) is 11.3. The number of ether oxygens (including phenoxy) is 2. The van der Waals surface area contributed by atoms with E-state index >= 15 is 0 Å². The number of carbonyl (C=O) groups is 2. The van der Waals surface area contributed by atoms with Gasteiger partial charge in [0.2, 0.25) is 0 Å². The van der Waals surface area contributed by atoms with Gasteiger partial charge in [0, 0.05) is 6.92 Å². The summed E-state index contributed by atoms with van der Waals surface area (Å²) in [6.45, 7) is 0.784. The molecule has 0 saturated carbocycles. The van der Waals surface area contributed by atoms with Crippen molar-refractivity contribution in [2.45, 2.75) is 6.92 Å². The highest BCUT2D eigenvalue weighted by molar-refractivity contribution is 5.71. The van der Waals surface area contributed by atoms with Crippen LogP contribution in [0.25, 0.3) is 0 Å². The molecule has 0 spiro atoms. The molecule has 0 aromatic heterocycles. The van der Waals surface area contributed by atoms with Crippen molar-refractivity contribution in [3.63, 3.8) is 0 Å². The van der Waals surface area contributed by atoms with Crippen molar-refractivity contribution in [1.29, 1.82) is 0 Å². The smallest absolute Gasteiger partial charge is 0.341 e. The van der Waals surface area contributed by atoms with Gasteiger partial charge >= 0.3 is 11.9 Å². The average molecular weight is 210 g/mol. The third kappa shape index (κ3) is 3.68. The quantitative estimate of drug-likeness (QED) is 0.594. The molecule has 15 heavy (non-hydrogen) atoms. The molecule has 0 radical (unpaired) electrons. The number of aliphatic carboxylic acids is 1. The van der Waals surface area contributed by atoms with E-state index in [4.69, 9.17) is 14.6 Å². The van der Waals surface area contributed by atoms with Gasteiger partial charge in [-0.1, -0.05) is 12.1 Å². The van der Waals surface area contributed by atoms with Crippen molar-refractivity contribution < 1.29 is 24.2 Å². The zero-order valence-electron chi connectivity index (χ0n) is 8.10. The number of rotatable bonds is 4. The number of benzene rings is 1. The first-order chi connectivity index (χ1) is 7.09. The minimum atomic E-state index is -1.09. The monoisotopic (exact) mass is 210 g/mol. The number of hydrogen-bond donors (Lipinski definition) is 1. The summed E-state index contributed by atoms with van der Waals surface area (Å²) in [6, 6.07) is 6.37. The summed E-state index contributed by atoms with van der Waals surface area (Å²) in [4.78, 5) is 21.0. The minimum Gasteiger partial charge on any atom is -0.479 e. The minimum absolute atomic E-state index is 0.214. The summed E-state index contributed by atoms with van der Waals surface area (Å²) in [5, 5.41) is 8.41. The Balaban J connectivity index is 2.76. The van der Waals surface area contributed by atoms with Gasteiger partial charge in [0.15, 0.2) is 18.1 Å². The van der Waals surface area contributed by atoms with Crippen LogP contribution in [0.15, 0.2) is 24.3 Å². The predicted molar refractivity (Wildman–Crippen MR) is 50.9 cm³/mol. The van der Waals surface area contributed by atoms with Crippen molar-refractivity contribution in [2.75, 3.05) is 6.61 Å². The Kier molecular flexibility index (Phi) is 3.68. The molecule has 0 atom stereocenters. The highest BCUT2D eigenvalue weighted by atomic mass is 16.6. The number of para-hydroxylation sites is 2. The summed E-state index contributed by atoms with van der Waals surface area (Å²) >= 11 is 0. The van der Waals surface area contributed by atoms with Gasteiger partial charge in [-0.25, -0.2) is 4.79 Å². The van der Waals surface area contributed by atoms with E-state index in [2.05, 4.69) is 0 Å². The maximum atomic E-state index is 10.7. The molecule has 0 saturated heterocycles. The molecule has 1 aromatic rings. The molecule has 0 bridgehead atoms. The Morgan fingerprint density at radius 1 is 1.27 bits per heavy atom. The molecule has 80 valence electrons. The van der Waals surface area contributed by atoms with Crippen LogP contribution in [0, 0.1) is 0 Å². The van der Waals surface area contributed by atoms with Gasteiger partial charge in [0.25, 0.3) is 0 Å². The molecule has 5 nitrogen and oxygen atoms in total. The maximum absolute atomic E-state index is 10.7. The molecule has 0 aliphatic rings. The van der Waals surface area contributed by atoms with Crippen molar-refractivity contribution in [3.05, 3.63) is 24.3 Å². The molecular formula is C10H10O5. The Labute approximate surface area is 86.2 Å². The van der Waals surface area contributed by atoms with Crippen molar-refractivity contribution in [1.82, 2.24) is 0 Å². The van der Waals surface area contributed by atoms with Crippen LogP contribution in [0.2, 0.25) is 0 Å². The number of carbonyl (C=O) groups excluding carboxylic acids is 1. The fourth-order valence-corrected chi connectivity index (χ4v) is 0.948. The predicted octanol–water partition coefficient (Wildman–Crippen LogP) is 1.08. The van der Waals surface area contributed by atoms with Crippen molar-refractivity contribution in [2.24, 2.45) is 0 Å². The molecule has 0 aliphatic carbocycles. The van der Waals surface area contributed by atoms with Crippen LogP contribution >= 0.6 is 0 Å². The molecular weight excluding hydrogens is 200 g/mol. The first kappa shape index (κ1) is 11.0. The lowest BCUT2D eigenvalue weighted by Crippen LogP contribution is -2.11. The van der Waals surface area contributed by atoms with Crippen molar-refractivity contribution in [3.8, 4) is 11.5 Å². The topological polar surface area (TPSA) is 72.8 Å². The highest BCUT2D eigenvalue weighted by Crippen LogP contribution is 2.26. The van der Waals surface area contributed by atoms with E-state index in [1.54, 1.807) is 12.1 Å². The van der Waals surface area contributed by atoms with Gasteiger partial charge in [-0.2, -0.15) is 0 Å². The molecule has 1 aromatic carbocycles. The van der Waals surface area contributed by atoms with Gasteiger partial charge in [-0.3, -0.25) is 4.79 Å². The lowest BCUT2D eigenvalue weighted by molar-refractivity contribution is -0.139. The van der Waals surface area contributed by atoms with Crippen LogP contribution in [0.3, 0.4) is 0 Å². The van der Waals surface area contributed by atoms with E-state index < -0.39 is 18.5 Å². The average Bonchev–Trinajstić information content (AvgIpc) is 2.15. The second-order valence-electron chi connectivity index (χ2n) is 2.72. The van der Waals surface area contributed by atoms with Gasteiger partial charge < -0.3 is 14.6 Å². The molecule has 0 heterocycles. The first-order valence-electron chi connectivity index (χ1n) is 4.21. The van der Waals surface area contributed by atoms with Crippen LogP contribution in [-0.4, -0.2) is 23.7 Å². The molecule has 1 rings (SSSR count). The second-order valence-corrected chi connectivity index (χ2v) is 2.72. The van der Waals surface area contributed by atoms with E-state index in [0.29, 0.717) is 0 Å². The van der Waals surface area contributed by atoms with Gasteiger partial charge in [-0.15, -0.1) is 0 Å². The van der Waals surface area contributed by atoms with Crippen molar-refractivity contribution >= 4 is 11.9 Å². The van der Waals surface area contributed by atoms with E-state index in [-0.39, 0.29) is 11.5 Å². The van der Waals surface area contributed by atoms with Gasteiger partial charge in [-0.05, 0) is 12.1 Å². The van der Waals surface area contributed by atoms with E-state index in [0.717, 1.165) is 0 Å². The molecule has 0 unspecified atom stereocenters. The zero-order valence-corrected chi connectivity index (χ0v) is 8.10. The molecule has 0 amide bonds. The lowest BCUT2D eigenvalue weighted by atomic mass is 10.3. The molecule has 0 fully saturated rings. The molecule has 0 aliphatic heterocycles. The summed E-state index contributed by atoms with van der Waals surface area (Å²) in [5.74, 6) is -1.13. The fraction of sp³-hybridized carbons (Fsp3) is 0.200. The Hall–Kier alpha value is -2.04. The summed E-state index contributed by atoms with van der Waals surface area (Å²) in [7, 11) is 0. The number of hydrogen-bond acceptors (Lipinski definition) is 4. The fourth-order valence-electron chi connectivity index (χ4n) is 0.948. The number of esters is 1. The van der Waals surface area contributed by atoms with Crippen LogP contribution < -0.4 is 9.47 Å². The normalized spacial score (nSPS) is 9.40. The Morgan fingerprint density at radius 3 is 2.40 bits per heavy atom. The molecule has 5 heteroatoms. The Bertz CT molecular complexity index is 372. The summed E-state index contributed by atoms with van der Waals surface area (Å²) < 4.78 is 9.74. The SMILES string of the molecule is CC(=O)Oc1ccccc1OCC(=O)O. The van der Waals surface area contributed by atoms with Crippen LogP contribution in [0.5, 0.6) is 11.5 Å².